The van der Waals surface area contributed by atoms with Crippen molar-refractivity contribution < 1.29 is 9.90 Å². The van der Waals surface area contributed by atoms with Gasteiger partial charge in [0.05, 0.1) is 18.3 Å². The van der Waals surface area contributed by atoms with Crippen LogP contribution in [0.4, 0.5) is 5.82 Å². The van der Waals surface area contributed by atoms with Crippen molar-refractivity contribution >= 4 is 11.8 Å². The zero-order valence-electron chi connectivity index (χ0n) is 9.37. The second kappa shape index (κ2) is 4.37. The zero-order chi connectivity index (χ0) is 12.4. The van der Waals surface area contributed by atoms with Crippen LogP contribution < -0.4 is 4.90 Å². The Kier molecular flexibility index (Phi) is 2.91. The molecule has 0 amide bonds. The van der Waals surface area contributed by atoms with Crippen LogP contribution in [0.3, 0.4) is 0 Å². The van der Waals surface area contributed by atoms with E-state index in [0.29, 0.717) is 18.9 Å². The Morgan fingerprint density at radius 3 is 2.76 bits per heavy atom. The lowest BCUT2D eigenvalue weighted by molar-refractivity contribution is -0.142. The predicted molar refractivity (Wildman–Crippen MR) is 59.2 cm³/mol. The number of rotatable bonds is 2. The van der Waals surface area contributed by atoms with Crippen LogP contribution in [0.15, 0.2) is 12.4 Å². The number of aromatic nitrogens is 2. The third-order valence-electron chi connectivity index (χ3n) is 3.01. The maximum atomic E-state index is 11.0. The van der Waals surface area contributed by atoms with E-state index in [1.54, 1.807) is 0 Å². The smallest absolute Gasteiger partial charge is 0.308 e. The topological polar surface area (TPSA) is 90.1 Å². The number of carboxylic acid groups (broad SMARTS) is 1. The molecular formula is C11H12N4O2. The Balaban J connectivity index is 2.14. The van der Waals surface area contributed by atoms with E-state index < -0.39 is 5.97 Å². The number of nitriles is 1. The van der Waals surface area contributed by atoms with Crippen molar-refractivity contribution in [1.82, 2.24) is 9.97 Å². The molecule has 17 heavy (non-hydrogen) atoms. The molecule has 1 N–H and O–H groups in total. The van der Waals surface area contributed by atoms with Gasteiger partial charge < -0.3 is 10.0 Å². The summed E-state index contributed by atoms with van der Waals surface area (Å²) in [6, 6.07) is 1.89. The Morgan fingerprint density at radius 2 is 2.29 bits per heavy atom. The van der Waals surface area contributed by atoms with Gasteiger partial charge in [0.1, 0.15) is 11.9 Å². The van der Waals surface area contributed by atoms with Gasteiger partial charge in [-0.05, 0) is 5.92 Å². The molecular weight excluding hydrogens is 220 g/mol. The Hall–Kier alpha value is -2.16. The quantitative estimate of drug-likeness (QED) is 0.798. The molecule has 1 aliphatic heterocycles. The van der Waals surface area contributed by atoms with Crippen LogP contribution in [0.25, 0.3) is 0 Å². The molecule has 2 rings (SSSR count). The summed E-state index contributed by atoms with van der Waals surface area (Å²) in [5.74, 6) is -0.432. The van der Waals surface area contributed by atoms with E-state index in [2.05, 4.69) is 9.97 Å². The summed E-state index contributed by atoms with van der Waals surface area (Å²) in [4.78, 5) is 20.9. The van der Waals surface area contributed by atoms with Gasteiger partial charge in [-0.15, -0.1) is 0 Å². The summed E-state index contributed by atoms with van der Waals surface area (Å²) in [6.07, 6.45) is 2.91. The van der Waals surface area contributed by atoms with Crippen LogP contribution in [0.2, 0.25) is 0 Å². The van der Waals surface area contributed by atoms with Crippen LogP contribution in [0.5, 0.6) is 0 Å². The SMILES string of the molecule is C[C@@H]1CN(c2cnc(C#N)cn2)C[C@H]1C(=O)O. The zero-order valence-corrected chi connectivity index (χ0v) is 9.37. The van der Waals surface area contributed by atoms with E-state index in [4.69, 9.17) is 10.4 Å². The number of carbonyl (C=O) groups is 1. The molecule has 0 bridgehead atoms. The number of hydrogen-bond donors (Lipinski definition) is 1. The van der Waals surface area contributed by atoms with E-state index in [1.807, 2.05) is 17.9 Å². The third-order valence-corrected chi connectivity index (χ3v) is 3.01. The monoisotopic (exact) mass is 232 g/mol. The Morgan fingerprint density at radius 1 is 1.53 bits per heavy atom. The number of anilines is 1. The van der Waals surface area contributed by atoms with Crippen molar-refractivity contribution in [2.24, 2.45) is 11.8 Å². The summed E-state index contributed by atoms with van der Waals surface area (Å²) in [6.45, 7) is 3.00. The second-order valence-corrected chi connectivity index (χ2v) is 4.20. The van der Waals surface area contributed by atoms with E-state index in [1.165, 1.54) is 12.4 Å². The lowest BCUT2D eigenvalue weighted by Gasteiger charge is -2.15. The fraction of sp³-hybridized carbons (Fsp3) is 0.455. The van der Waals surface area contributed by atoms with Crippen molar-refractivity contribution in [2.75, 3.05) is 18.0 Å². The van der Waals surface area contributed by atoms with Gasteiger partial charge >= 0.3 is 5.97 Å². The minimum Gasteiger partial charge on any atom is -0.481 e. The first-order valence-corrected chi connectivity index (χ1v) is 5.31. The molecule has 1 saturated heterocycles. The lowest BCUT2D eigenvalue weighted by atomic mass is 9.99. The van der Waals surface area contributed by atoms with Crippen molar-refractivity contribution in [3.8, 4) is 6.07 Å². The highest BCUT2D eigenvalue weighted by Crippen LogP contribution is 2.26. The van der Waals surface area contributed by atoms with Crippen LogP contribution in [-0.4, -0.2) is 34.1 Å². The fourth-order valence-corrected chi connectivity index (χ4v) is 2.02. The highest BCUT2D eigenvalue weighted by atomic mass is 16.4. The number of hydrogen-bond acceptors (Lipinski definition) is 5. The molecule has 0 aliphatic carbocycles. The van der Waals surface area contributed by atoms with E-state index in [-0.39, 0.29) is 17.5 Å². The van der Waals surface area contributed by atoms with Gasteiger partial charge in [0.15, 0.2) is 5.69 Å². The van der Waals surface area contributed by atoms with Gasteiger partial charge in [0, 0.05) is 13.1 Å². The number of nitrogens with zero attached hydrogens (tertiary/aromatic N) is 4. The molecule has 1 fully saturated rings. The summed E-state index contributed by atoms with van der Waals surface area (Å²) < 4.78 is 0. The lowest BCUT2D eigenvalue weighted by Crippen LogP contribution is -2.23. The van der Waals surface area contributed by atoms with Crippen molar-refractivity contribution in [2.45, 2.75) is 6.92 Å². The highest BCUT2D eigenvalue weighted by molar-refractivity contribution is 5.72. The second-order valence-electron chi connectivity index (χ2n) is 4.20. The van der Waals surface area contributed by atoms with Gasteiger partial charge in [-0.3, -0.25) is 4.79 Å². The molecule has 2 atom stereocenters. The van der Waals surface area contributed by atoms with Gasteiger partial charge in [0.2, 0.25) is 0 Å². The van der Waals surface area contributed by atoms with E-state index in [9.17, 15) is 4.79 Å². The predicted octanol–water partition coefficient (Wildman–Crippen LogP) is 0.505. The largest absolute Gasteiger partial charge is 0.481 e. The summed E-state index contributed by atoms with van der Waals surface area (Å²) >= 11 is 0. The molecule has 0 saturated carbocycles. The van der Waals surface area contributed by atoms with Crippen LogP contribution in [0, 0.1) is 23.2 Å². The average molecular weight is 232 g/mol. The minimum absolute atomic E-state index is 0.0879. The van der Waals surface area contributed by atoms with Gasteiger partial charge in [-0.1, -0.05) is 6.92 Å². The molecule has 6 nitrogen and oxygen atoms in total. The molecule has 0 spiro atoms. The van der Waals surface area contributed by atoms with Gasteiger partial charge in [-0.2, -0.15) is 5.26 Å². The molecule has 2 heterocycles. The van der Waals surface area contributed by atoms with E-state index in [0.717, 1.165) is 0 Å². The minimum atomic E-state index is -0.776. The molecule has 6 heteroatoms. The van der Waals surface area contributed by atoms with Crippen molar-refractivity contribution in [3.63, 3.8) is 0 Å². The van der Waals surface area contributed by atoms with Crippen molar-refractivity contribution in [3.05, 3.63) is 18.1 Å². The standard InChI is InChI=1S/C11H12N4O2/c1-7-5-15(6-9(7)11(16)17)10-4-13-8(2-12)3-14-10/h3-4,7,9H,5-6H2,1H3,(H,16,17)/t7-,9-/m1/s1. The van der Waals surface area contributed by atoms with Crippen LogP contribution in [-0.2, 0) is 4.79 Å². The molecule has 1 aromatic rings. The summed E-state index contributed by atoms with van der Waals surface area (Å²) in [5, 5.41) is 17.6. The first-order valence-electron chi connectivity index (χ1n) is 5.31. The third kappa shape index (κ3) is 2.18. The average Bonchev–Trinajstić information content (AvgIpc) is 2.71. The van der Waals surface area contributed by atoms with Crippen molar-refractivity contribution in [1.29, 1.82) is 5.26 Å². The fourth-order valence-electron chi connectivity index (χ4n) is 2.02. The molecule has 0 aromatic carbocycles. The summed E-state index contributed by atoms with van der Waals surface area (Å²) in [5.41, 5.74) is 0.260. The molecule has 0 radical (unpaired) electrons. The summed E-state index contributed by atoms with van der Waals surface area (Å²) in [7, 11) is 0. The Labute approximate surface area is 98.5 Å². The van der Waals surface area contributed by atoms with Gasteiger partial charge in [-0.25, -0.2) is 9.97 Å². The van der Waals surface area contributed by atoms with Gasteiger partial charge in [0.25, 0.3) is 0 Å². The molecule has 0 unspecified atom stereocenters. The maximum absolute atomic E-state index is 11.0. The first kappa shape index (κ1) is 11.3. The molecule has 88 valence electrons. The van der Waals surface area contributed by atoms with Crippen LogP contribution in [0.1, 0.15) is 12.6 Å². The molecule has 1 aromatic heterocycles. The van der Waals surface area contributed by atoms with Crippen LogP contribution >= 0.6 is 0 Å². The molecule has 1 aliphatic rings. The Bertz CT molecular complexity index is 465. The maximum Gasteiger partial charge on any atom is 0.308 e. The highest BCUT2D eigenvalue weighted by Gasteiger charge is 2.35. The number of aliphatic carboxylic acids is 1. The van der Waals surface area contributed by atoms with E-state index >= 15 is 0 Å². The number of carboxylic acids is 1. The first-order chi connectivity index (χ1) is 8.11. The normalized spacial score (nSPS) is 23.4.